The van der Waals surface area contributed by atoms with E-state index in [0.717, 1.165) is 11.3 Å². The van der Waals surface area contributed by atoms with Gasteiger partial charge in [-0.2, -0.15) is 0 Å². The van der Waals surface area contributed by atoms with Gasteiger partial charge in [-0.05, 0) is 30.7 Å². The zero-order chi connectivity index (χ0) is 14.4. The van der Waals surface area contributed by atoms with Crippen LogP contribution in [0.5, 0.6) is 5.75 Å². The molecule has 0 aliphatic rings. The highest BCUT2D eigenvalue weighted by atomic mass is 16.6. The Hall–Kier alpha value is -2.63. The van der Waals surface area contributed by atoms with Gasteiger partial charge in [0.2, 0.25) is 5.82 Å². The van der Waals surface area contributed by atoms with Gasteiger partial charge in [0, 0.05) is 18.8 Å². The van der Waals surface area contributed by atoms with Crippen molar-refractivity contribution in [3.8, 4) is 5.75 Å². The van der Waals surface area contributed by atoms with Crippen molar-refractivity contribution >= 4 is 11.5 Å². The van der Waals surface area contributed by atoms with E-state index in [9.17, 15) is 10.1 Å². The minimum atomic E-state index is -0.452. The molecule has 1 N–H and O–H groups in total. The van der Waals surface area contributed by atoms with Crippen LogP contribution in [0.3, 0.4) is 0 Å². The highest BCUT2D eigenvalue weighted by molar-refractivity contribution is 5.55. The van der Waals surface area contributed by atoms with Gasteiger partial charge in [-0.3, -0.25) is 10.1 Å². The summed E-state index contributed by atoms with van der Waals surface area (Å²) in [5.74, 6) is 1.04. The van der Waals surface area contributed by atoms with E-state index in [1.54, 1.807) is 6.07 Å². The van der Waals surface area contributed by atoms with Crippen LogP contribution < -0.4 is 10.1 Å². The molecule has 104 valence electrons. The Balaban J connectivity index is 2.09. The van der Waals surface area contributed by atoms with E-state index in [2.05, 4.69) is 10.3 Å². The maximum Gasteiger partial charge on any atom is 0.311 e. The first-order valence-electron chi connectivity index (χ1n) is 6.25. The van der Waals surface area contributed by atoms with Crippen molar-refractivity contribution in [1.82, 2.24) is 4.98 Å². The number of rotatable bonds is 6. The minimum absolute atomic E-state index is 0.0338. The Labute approximate surface area is 116 Å². The zero-order valence-electron chi connectivity index (χ0n) is 11.1. The predicted molar refractivity (Wildman–Crippen MR) is 75.8 cm³/mol. The van der Waals surface area contributed by atoms with Crippen molar-refractivity contribution in [3.63, 3.8) is 0 Å². The number of anilines is 1. The van der Waals surface area contributed by atoms with Gasteiger partial charge in [0.25, 0.3) is 0 Å². The summed E-state index contributed by atoms with van der Waals surface area (Å²) in [5, 5.41) is 13.8. The summed E-state index contributed by atoms with van der Waals surface area (Å²) in [6.45, 7) is 2.96. The first-order valence-corrected chi connectivity index (χ1v) is 6.25. The molecule has 0 aliphatic heterocycles. The van der Waals surface area contributed by atoms with Gasteiger partial charge in [-0.25, -0.2) is 4.98 Å². The van der Waals surface area contributed by atoms with E-state index in [0.29, 0.717) is 13.2 Å². The summed E-state index contributed by atoms with van der Waals surface area (Å²) in [5.41, 5.74) is 0.935. The lowest BCUT2D eigenvalue weighted by molar-refractivity contribution is -0.384. The maximum absolute atomic E-state index is 10.9. The Morgan fingerprint density at radius 1 is 1.35 bits per heavy atom. The lowest BCUT2D eigenvalue weighted by Gasteiger charge is -2.08. The zero-order valence-corrected chi connectivity index (χ0v) is 11.1. The number of pyridine rings is 1. The molecule has 0 spiro atoms. The number of benzene rings is 1. The minimum Gasteiger partial charge on any atom is -0.494 e. The van der Waals surface area contributed by atoms with Crippen molar-refractivity contribution in [3.05, 3.63) is 58.3 Å². The highest BCUT2D eigenvalue weighted by Gasteiger charge is 2.13. The standard InChI is InChI=1S/C14H15N3O3/c1-2-20-12-6-3-5-11(9-12)10-16-14-13(17(18)19)7-4-8-15-14/h3-9H,2,10H2,1H3,(H,15,16). The van der Waals surface area contributed by atoms with Gasteiger partial charge in [0.1, 0.15) is 5.75 Å². The van der Waals surface area contributed by atoms with E-state index < -0.39 is 4.92 Å². The number of hydrogen-bond acceptors (Lipinski definition) is 5. The van der Waals surface area contributed by atoms with Crippen LogP contribution in [0.15, 0.2) is 42.6 Å². The molecule has 0 atom stereocenters. The van der Waals surface area contributed by atoms with E-state index in [1.807, 2.05) is 31.2 Å². The molecule has 0 saturated heterocycles. The van der Waals surface area contributed by atoms with Gasteiger partial charge in [0.05, 0.1) is 11.5 Å². The maximum atomic E-state index is 10.9. The molecule has 0 radical (unpaired) electrons. The van der Waals surface area contributed by atoms with E-state index in [-0.39, 0.29) is 11.5 Å². The number of aromatic nitrogens is 1. The van der Waals surface area contributed by atoms with Crippen LogP contribution in [0.4, 0.5) is 11.5 Å². The third-order valence-corrected chi connectivity index (χ3v) is 2.65. The monoisotopic (exact) mass is 273 g/mol. The van der Waals surface area contributed by atoms with Crippen LogP contribution in [0.1, 0.15) is 12.5 Å². The largest absolute Gasteiger partial charge is 0.494 e. The summed E-state index contributed by atoms with van der Waals surface area (Å²) in [4.78, 5) is 14.4. The number of nitrogens with one attached hydrogen (secondary N) is 1. The molecule has 0 amide bonds. The number of ether oxygens (including phenoxy) is 1. The molecule has 0 saturated carbocycles. The molecule has 0 unspecified atom stereocenters. The SMILES string of the molecule is CCOc1cccc(CNc2ncccc2[N+](=O)[O-])c1. The molecule has 0 fully saturated rings. The lowest BCUT2D eigenvalue weighted by atomic mass is 10.2. The normalized spacial score (nSPS) is 10.1. The number of nitrogens with zero attached hydrogens (tertiary/aromatic N) is 2. The molecule has 2 aromatic rings. The fraction of sp³-hybridized carbons (Fsp3) is 0.214. The molecule has 0 bridgehead atoms. The van der Waals surface area contributed by atoms with Gasteiger partial charge in [0.15, 0.2) is 0 Å². The topological polar surface area (TPSA) is 77.3 Å². The smallest absolute Gasteiger partial charge is 0.311 e. The van der Waals surface area contributed by atoms with Crippen LogP contribution in [0.25, 0.3) is 0 Å². The molecule has 6 nitrogen and oxygen atoms in total. The summed E-state index contributed by atoms with van der Waals surface area (Å²) in [6.07, 6.45) is 1.52. The first kappa shape index (κ1) is 13.8. The second-order valence-electron chi connectivity index (χ2n) is 4.06. The summed E-state index contributed by atoms with van der Waals surface area (Å²) in [6, 6.07) is 10.5. The quantitative estimate of drug-likeness (QED) is 0.646. The first-order chi connectivity index (χ1) is 9.70. The summed E-state index contributed by atoms with van der Waals surface area (Å²) >= 11 is 0. The van der Waals surface area contributed by atoms with Gasteiger partial charge >= 0.3 is 5.69 Å². The van der Waals surface area contributed by atoms with E-state index in [1.165, 1.54) is 12.3 Å². The van der Waals surface area contributed by atoms with Gasteiger partial charge in [-0.15, -0.1) is 0 Å². The molecular formula is C14H15N3O3. The molecule has 1 aromatic carbocycles. The van der Waals surface area contributed by atoms with Crippen LogP contribution in [-0.2, 0) is 6.54 Å². The molecule has 6 heteroatoms. The Morgan fingerprint density at radius 3 is 2.95 bits per heavy atom. The molecule has 20 heavy (non-hydrogen) atoms. The van der Waals surface area contributed by atoms with Crippen molar-refractivity contribution < 1.29 is 9.66 Å². The molecular weight excluding hydrogens is 258 g/mol. The summed E-state index contributed by atoms with van der Waals surface area (Å²) in [7, 11) is 0. The fourth-order valence-electron chi connectivity index (χ4n) is 1.78. The number of nitro groups is 1. The van der Waals surface area contributed by atoms with Crippen LogP contribution in [-0.4, -0.2) is 16.5 Å². The average Bonchev–Trinajstić information content (AvgIpc) is 2.46. The van der Waals surface area contributed by atoms with Crippen LogP contribution in [0.2, 0.25) is 0 Å². The van der Waals surface area contributed by atoms with Crippen molar-refractivity contribution in [2.45, 2.75) is 13.5 Å². The highest BCUT2D eigenvalue weighted by Crippen LogP contribution is 2.21. The second kappa shape index (κ2) is 6.51. The Bertz CT molecular complexity index is 602. The number of hydrogen-bond donors (Lipinski definition) is 1. The molecule has 2 rings (SSSR count). The predicted octanol–water partition coefficient (Wildman–Crippen LogP) is 3.00. The fourth-order valence-corrected chi connectivity index (χ4v) is 1.78. The van der Waals surface area contributed by atoms with Gasteiger partial charge < -0.3 is 10.1 Å². The Morgan fingerprint density at radius 2 is 2.20 bits per heavy atom. The van der Waals surface area contributed by atoms with Crippen molar-refractivity contribution in [2.24, 2.45) is 0 Å². The van der Waals surface area contributed by atoms with Gasteiger partial charge in [-0.1, -0.05) is 12.1 Å². The van der Waals surface area contributed by atoms with Crippen LogP contribution in [0, 0.1) is 10.1 Å². The van der Waals surface area contributed by atoms with Crippen molar-refractivity contribution in [2.75, 3.05) is 11.9 Å². The van der Waals surface area contributed by atoms with E-state index >= 15 is 0 Å². The third kappa shape index (κ3) is 3.44. The van der Waals surface area contributed by atoms with Crippen molar-refractivity contribution in [1.29, 1.82) is 0 Å². The Kier molecular flexibility index (Phi) is 4.49. The molecule has 0 aliphatic carbocycles. The average molecular weight is 273 g/mol. The van der Waals surface area contributed by atoms with E-state index in [4.69, 9.17) is 4.74 Å². The molecule has 1 heterocycles. The summed E-state index contributed by atoms with van der Waals surface area (Å²) < 4.78 is 5.41. The van der Waals surface area contributed by atoms with Crippen LogP contribution >= 0.6 is 0 Å². The lowest BCUT2D eigenvalue weighted by Crippen LogP contribution is -2.04. The second-order valence-corrected chi connectivity index (χ2v) is 4.06. The third-order valence-electron chi connectivity index (χ3n) is 2.65. The molecule has 1 aromatic heterocycles.